The van der Waals surface area contributed by atoms with Crippen molar-refractivity contribution in [3.05, 3.63) is 46.2 Å². The Bertz CT molecular complexity index is 461. The van der Waals surface area contributed by atoms with E-state index in [1.165, 1.54) is 0 Å². The van der Waals surface area contributed by atoms with Crippen molar-refractivity contribution in [3.63, 3.8) is 0 Å². The minimum atomic E-state index is 0.0341. The van der Waals surface area contributed by atoms with E-state index in [0.717, 1.165) is 28.1 Å². The van der Waals surface area contributed by atoms with E-state index in [2.05, 4.69) is 28.2 Å². The van der Waals surface area contributed by atoms with Crippen molar-refractivity contribution in [1.82, 2.24) is 5.32 Å². The summed E-state index contributed by atoms with van der Waals surface area (Å²) in [5, 5.41) is 3.37. The zero-order valence-electron chi connectivity index (χ0n) is 9.29. The standard InChI is InChI=1S/C12H14BrNO2/c1-3-14-11(9-6-8(2)16-7-9)12-10(13)4-5-15-12/h4-7,11,14H,3H2,1-2H3. The van der Waals surface area contributed by atoms with E-state index >= 15 is 0 Å². The molecule has 2 aromatic heterocycles. The van der Waals surface area contributed by atoms with Crippen LogP contribution in [0.1, 0.15) is 30.0 Å². The van der Waals surface area contributed by atoms with Crippen LogP contribution < -0.4 is 5.32 Å². The molecule has 0 saturated carbocycles. The molecule has 16 heavy (non-hydrogen) atoms. The summed E-state index contributed by atoms with van der Waals surface area (Å²) in [7, 11) is 0. The molecule has 4 heteroatoms. The van der Waals surface area contributed by atoms with Crippen molar-refractivity contribution in [2.24, 2.45) is 0 Å². The molecule has 0 radical (unpaired) electrons. The summed E-state index contributed by atoms with van der Waals surface area (Å²) >= 11 is 3.48. The van der Waals surface area contributed by atoms with E-state index in [0.29, 0.717) is 0 Å². The smallest absolute Gasteiger partial charge is 0.139 e. The summed E-state index contributed by atoms with van der Waals surface area (Å²) in [4.78, 5) is 0. The molecule has 0 aliphatic rings. The molecule has 2 aromatic rings. The monoisotopic (exact) mass is 283 g/mol. The average molecular weight is 284 g/mol. The second kappa shape index (κ2) is 4.89. The molecular weight excluding hydrogens is 270 g/mol. The van der Waals surface area contributed by atoms with Crippen LogP contribution in [0.2, 0.25) is 0 Å². The van der Waals surface area contributed by atoms with Gasteiger partial charge in [0, 0.05) is 5.56 Å². The summed E-state index contributed by atoms with van der Waals surface area (Å²) < 4.78 is 11.8. The van der Waals surface area contributed by atoms with Crippen molar-refractivity contribution >= 4 is 15.9 Å². The summed E-state index contributed by atoms with van der Waals surface area (Å²) in [5.41, 5.74) is 1.08. The zero-order valence-corrected chi connectivity index (χ0v) is 10.9. The predicted octanol–water partition coefficient (Wildman–Crippen LogP) is 3.64. The zero-order chi connectivity index (χ0) is 11.5. The topological polar surface area (TPSA) is 38.3 Å². The SMILES string of the molecule is CCNC(c1coc(C)c1)c1occc1Br. The van der Waals surface area contributed by atoms with Gasteiger partial charge in [-0.05, 0) is 41.5 Å². The van der Waals surface area contributed by atoms with Crippen molar-refractivity contribution < 1.29 is 8.83 Å². The lowest BCUT2D eigenvalue weighted by molar-refractivity contribution is 0.446. The highest BCUT2D eigenvalue weighted by molar-refractivity contribution is 9.10. The quantitative estimate of drug-likeness (QED) is 0.931. The Morgan fingerprint density at radius 3 is 2.75 bits per heavy atom. The molecule has 0 spiro atoms. The lowest BCUT2D eigenvalue weighted by atomic mass is 10.1. The van der Waals surface area contributed by atoms with Gasteiger partial charge in [0.15, 0.2) is 0 Å². The highest BCUT2D eigenvalue weighted by Gasteiger charge is 2.20. The summed E-state index contributed by atoms with van der Waals surface area (Å²) in [6, 6.07) is 3.95. The van der Waals surface area contributed by atoms with Crippen molar-refractivity contribution in [2.45, 2.75) is 19.9 Å². The highest BCUT2D eigenvalue weighted by atomic mass is 79.9. The van der Waals surface area contributed by atoms with Crippen LogP contribution in [0.25, 0.3) is 0 Å². The van der Waals surface area contributed by atoms with Gasteiger partial charge in [0.25, 0.3) is 0 Å². The van der Waals surface area contributed by atoms with Crippen LogP contribution in [0.5, 0.6) is 0 Å². The fraction of sp³-hybridized carbons (Fsp3) is 0.333. The highest BCUT2D eigenvalue weighted by Crippen LogP contribution is 2.30. The van der Waals surface area contributed by atoms with Crippen LogP contribution in [0, 0.1) is 6.92 Å². The fourth-order valence-electron chi connectivity index (χ4n) is 1.69. The summed E-state index contributed by atoms with van der Waals surface area (Å²) in [6.07, 6.45) is 3.44. The maximum atomic E-state index is 5.49. The third-order valence-electron chi connectivity index (χ3n) is 2.40. The molecule has 0 amide bonds. The minimum Gasteiger partial charge on any atom is -0.469 e. The van der Waals surface area contributed by atoms with Crippen LogP contribution in [-0.2, 0) is 0 Å². The average Bonchev–Trinajstić information content (AvgIpc) is 2.84. The Balaban J connectivity index is 2.34. The van der Waals surface area contributed by atoms with E-state index in [1.807, 2.05) is 19.1 Å². The number of hydrogen-bond acceptors (Lipinski definition) is 3. The van der Waals surface area contributed by atoms with Crippen molar-refractivity contribution in [1.29, 1.82) is 0 Å². The van der Waals surface area contributed by atoms with E-state index in [1.54, 1.807) is 12.5 Å². The van der Waals surface area contributed by atoms with Crippen LogP contribution in [-0.4, -0.2) is 6.54 Å². The molecule has 0 bridgehead atoms. The first-order valence-corrected chi connectivity index (χ1v) is 6.03. The molecule has 0 fully saturated rings. The number of nitrogens with one attached hydrogen (secondary N) is 1. The normalized spacial score (nSPS) is 12.9. The molecule has 0 saturated heterocycles. The summed E-state index contributed by atoms with van der Waals surface area (Å²) in [6.45, 7) is 4.86. The number of rotatable bonds is 4. The van der Waals surface area contributed by atoms with Gasteiger partial charge in [-0.25, -0.2) is 0 Å². The van der Waals surface area contributed by atoms with Gasteiger partial charge in [0.2, 0.25) is 0 Å². The third-order valence-corrected chi connectivity index (χ3v) is 3.05. The lowest BCUT2D eigenvalue weighted by Crippen LogP contribution is -2.21. The Morgan fingerprint density at radius 2 is 2.25 bits per heavy atom. The molecule has 86 valence electrons. The Hall–Kier alpha value is -1.00. The number of halogens is 1. The first-order valence-electron chi connectivity index (χ1n) is 5.23. The Morgan fingerprint density at radius 1 is 1.44 bits per heavy atom. The molecular formula is C12H14BrNO2. The molecule has 0 aliphatic heterocycles. The molecule has 0 aliphatic carbocycles. The van der Waals surface area contributed by atoms with Gasteiger partial charge in [-0.2, -0.15) is 0 Å². The van der Waals surface area contributed by atoms with Gasteiger partial charge in [-0.3, -0.25) is 0 Å². The predicted molar refractivity (Wildman–Crippen MR) is 65.4 cm³/mol. The molecule has 1 unspecified atom stereocenters. The Labute approximate surface area is 103 Å². The van der Waals surface area contributed by atoms with Crippen LogP contribution in [0.4, 0.5) is 0 Å². The van der Waals surface area contributed by atoms with Gasteiger partial charge >= 0.3 is 0 Å². The molecule has 0 aromatic carbocycles. The van der Waals surface area contributed by atoms with Crippen molar-refractivity contribution in [2.75, 3.05) is 6.54 Å². The van der Waals surface area contributed by atoms with E-state index in [-0.39, 0.29) is 6.04 Å². The maximum Gasteiger partial charge on any atom is 0.139 e. The minimum absolute atomic E-state index is 0.0341. The van der Waals surface area contributed by atoms with Crippen molar-refractivity contribution in [3.8, 4) is 0 Å². The third kappa shape index (κ3) is 2.23. The van der Waals surface area contributed by atoms with Crippen LogP contribution in [0.15, 0.2) is 38.0 Å². The van der Waals surface area contributed by atoms with E-state index in [9.17, 15) is 0 Å². The largest absolute Gasteiger partial charge is 0.469 e. The molecule has 3 nitrogen and oxygen atoms in total. The van der Waals surface area contributed by atoms with E-state index < -0.39 is 0 Å². The molecule has 1 atom stereocenters. The van der Waals surface area contributed by atoms with Gasteiger partial charge < -0.3 is 14.2 Å². The molecule has 2 heterocycles. The van der Waals surface area contributed by atoms with Gasteiger partial charge in [-0.1, -0.05) is 6.92 Å². The van der Waals surface area contributed by atoms with Crippen LogP contribution in [0.3, 0.4) is 0 Å². The van der Waals surface area contributed by atoms with E-state index in [4.69, 9.17) is 8.83 Å². The van der Waals surface area contributed by atoms with Gasteiger partial charge in [-0.15, -0.1) is 0 Å². The second-order valence-electron chi connectivity index (χ2n) is 3.61. The second-order valence-corrected chi connectivity index (χ2v) is 4.47. The number of aryl methyl sites for hydroxylation is 1. The maximum absolute atomic E-state index is 5.49. The fourth-order valence-corrected chi connectivity index (χ4v) is 2.12. The first kappa shape index (κ1) is 11.5. The number of hydrogen-bond donors (Lipinski definition) is 1. The Kier molecular flexibility index (Phi) is 3.51. The van der Waals surface area contributed by atoms with Gasteiger partial charge in [0.1, 0.15) is 11.5 Å². The lowest BCUT2D eigenvalue weighted by Gasteiger charge is -2.14. The van der Waals surface area contributed by atoms with Crippen LogP contribution >= 0.6 is 15.9 Å². The molecule has 2 rings (SSSR count). The molecule has 1 N–H and O–H groups in total. The summed E-state index contributed by atoms with van der Waals surface area (Å²) in [5.74, 6) is 1.78. The number of furan rings is 2. The first-order chi connectivity index (χ1) is 7.72. The van der Waals surface area contributed by atoms with Gasteiger partial charge in [0.05, 0.1) is 23.0 Å².